The van der Waals surface area contributed by atoms with Crippen molar-refractivity contribution >= 4 is 24.2 Å². The molecule has 1 aromatic rings. The van der Waals surface area contributed by atoms with E-state index in [4.69, 9.17) is 21.6 Å². The van der Waals surface area contributed by atoms with Gasteiger partial charge in [0.25, 0.3) is 0 Å². The Kier molecular flexibility index (Phi) is 1.80. The lowest BCUT2D eigenvalue weighted by atomic mass is 9.83. The first-order chi connectivity index (χ1) is 4.22. The van der Waals surface area contributed by atoms with Crippen LogP contribution in [0.4, 0.5) is 0 Å². The molecule has 0 aromatic carbocycles. The molecular formula is C4H4BClO3. The summed E-state index contributed by atoms with van der Waals surface area (Å²) < 4.78 is 4.57. The van der Waals surface area contributed by atoms with E-state index in [1.165, 1.54) is 12.3 Å². The van der Waals surface area contributed by atoms with E-state index >= 15 is 0 Å². The molecule has 0 amide bonds. The van der Waals surface area contributed by atoms with Crippen LogP contribution in [0.25, 0.3) is 0 Å². The van der Waals surface area contributed by atoms with Crippen LogP contribution in [0.3, 0.4) is 0 Å². The maximum Gasteiger partial charge on any atom is 0.493 e. The van der Waals surface area contributed by atoms with Crippen LogP contribution in [0.5, 0.6) is 0 Å². The molecule has 0 fully saturated rings. The summed E-state index contributed by atoms with van der Waals surface area (Å²) in [5.41, 5.74) is 0.191. The Hall–Kier alpha value is -0.445. The molecule has 2 N–H and O–H groups in total. The van der Waals surface area contributed by atoms with Crippen molar-refractivity contribution < 1.29 is 14.5 Å². The van der Waals surface area contributed by atoms with Crippen LogP contribution < -0.4 is 5.46 Å². The highest BCUT2D eigenvalue weighted by molar-refractivity contribution is 6.62. The lowest BCUT2D eigenvalue weighted by molar-refractivity contribution is 0.425. The van der Waals surface area contributed by atoms with Gasteiger partial charge in [-0.2, -0.15) is 0 Å². The van der Waals surface area contributed by atoms with Gasteiger partial charge >= 0.3 is 7.12 Å². The minimum Gasteiger partial charge on any atom is -0.453 e. The molecule has 48 valence electrons. The fourth-order valence-electron chi connectivity index (χ4n) is 0.488. The van der Waals surface area contributed by atoms with Gasteiger partial charge in [0.2, 0.25) is 0 Å². The van der Waals surface area contributed by atoms with E-state index in [1.807, 2.05) is 0 Å². The van der Waals surface area contributed by atoms with Crippen LogP contribution in [-0.4, -0.2) is 17.2 Å². The Bertz CT molecular complexity index is 197. The van der Waals surface area contributed by atoms with Crippen molar-refractivity contribution in [1.82, 2.24) is 0 Å². The molecule has 0 aliphatic carbocycles. The summed E-state index contributed by atoms with van der Waals surface area (Å²) in [4.78, 5) is 0. The fraction of sp³-hybridized carbons (Fsp3) is 0. The quantitative estimate of drug-likeness (QED) is 0.531. The van der Waals surface area contributed by atoms with E-state index in [0.717, 1.165) is 0 Å². The third-order valence-corrected chi connectivity index (χ3v) is 1.23. The highest BCUT2D eigenvalue weighted by Crippen LogP contribution is 2.04. The van der Waals surface area contributed by atoms with Crippen molar-refractivity contribution in [2.45, 2.75) is 0 Å². The van der Waals surface area contributed by atoms with E-state index in [9.17, 15) is 0 Å². The first kappa shape index (κ1) is 6.67. The molecule has 9 heavy (non-hydrogen) atoms. The number of halogens is 1. The summed E-state index contributed by atoms with van der Waals surface area (Å²) in [5.74, 6) is 0. The van der Waals surface area contributed by atoms with E-state index in [0.29, 0.717) is 0 Å². The molecule has 3 nitrogen and oxygen atoms in total. The summed E-state index contributed by atoms with van der Waals surface area (Å²) in [6.45, 7) is 0. The van der Waals surface area contributed by atoms with Gasteiger partial charge in [-0.05, 0) is 17.7 Å². The van der Waals surface area contributed by atoms with Gasteiger partial charge in [0, 0.05) is 5.46 Å². The average molecular weight is 146 g/mol. The number of furan rings is 1. The van der Waals surface area contributed by atoms with E-state index < -0.39 is 7.12 Å². The molecule has 0 bridgehead atoms. The minimum atomic E-state index is -1.55. The maximum absolute atomic E-state index is 8.50. The van der Waals surface area contributed by atoms with Crippen LogP contribution >= 0.6 is 11.6 Å². The number of hydrogen-bond acceptors (Lipinski definition) is 3. The summed E-state index contributed by atoms with van der Waals surface area (Å²) in [6.07, 6.45) is 1.29. The minimum absolute atomic E-state index is 0.0185. The predicted octanol–water partition coefficient (Wildman–Crippen LogP) is -0.387. The highest BCUT2D eigenvalue weighted by atomic mass is 35.5. The highest BCUT2D eigenvalue weighted by Gasteiger charge is 2.16. The largest absolute Gasteiger partial charge is 0.493 e. The van der Waals surface area contributed by atoms with E-state index in [1.54, 1.807) is 0 Å². The Labute approximate surface area is 57.0 Å². The standard InChI is InChI=1S/C4H4BClO3/c6-4-3(5(7)8)1-2-9-4/h1-2,7-8H. The summed E-state index contributed by atoms with van der Waals surface area (Å²) in [6, 6.07) is 1.40. The predicted molar refractivity (Wildman–Crippen MR) is 33.5 cm³/mol. The van der Waals surface area contributed by atoms with Crippen LogP contribution in [0, 0.1) is 0 Å². The molecule has 0 radical (unpaired) electrons. The van der Waals surface area contributed by atoms with Crippen molar-refractivity contribution in [1.29, 1.82) is 0 Å². The second-order valence-electron chi connectivity index (χ2n) is 1.52. The van der Waals surface area contributed by atoms with Crippen LogP contribution in [0.15, 0.2) is 16.7 Å². The second-order valence-corrected chi connectivity index (χ2v) is 1.87. The zero-order chi connectivity index (χ0) is 6.85. The zero-order valence-electron chi connectivity index (χ0n) is 4.41. The van der Waals surface area contributed by atoms with Crippen molar-refractivity contribution in [3.63, 3.8) is 0 Å². The number of hydrogen-bond donors (Lipinski definition) is 2. The Balaban J connectivity index is 2.94. The van der Waals surface area contributed by atoms with Gasteiger partial charge in [-0.15, -0.1) is 0 Å². The number of rotatable bonds is 1. The molecule has 0 saturated carbocycles. The van der Waals surface area contributed by atoms with Gasteiger partial charge in [0.15, 0.2) is 5.22 Å². The SMILES string of the molecule is OB(O)c1ccoc1Cl. The lowest BCUT2D eigenvalue weighted by Gasteiger charge is -1.90. The van der Waals surface area contributed by atoms with Crippen LogP contribution in [-0.2, 0) is 0 Å². The van der Waals surface area contributed by atoms with Gasteiger partial charge in [-0.1, -0.05) is 0 Å². The molecular weight excluding hydrogens is 142 g/mol. The van der Waals surface area contributed by atoms with E-state index in [2.05, 4.69) is 4.42 Å². The zero-order valence-corrected chi connectivity index (χ0v) is 5.17. The summed E-state index contributed by atoms with van der Waals surface area (Å²) in [5, 5.41) is 17.0. The smallest absolute Gasteiger partial charge is 0.453 e. The van der Waals surface area contributed by atoms with Gasteiger partial charge in [0.05, 0.1) is 6.26 Å². The normalized spacial score (nSPS) is 9.67. The molecule has 0 aliphatic heterocycles. The Morgan fingerprint density at radius 1 is 1.56 bits per heavy atom. The first-order valence-corrected chi connectivity index (χ1v) is 2.68. The van der Waals surface area contributed by atoms with Crippen LogP contribution in [0.2, 0.25) is 5.22 Å². The van der Waals surface area contributed by atoms with Gasteiger partial charge < -0.3 is 14.5 Å². The molecule has 1 aromatic heterocycles. The molecule has 0 spiro atoms. The lowest BCUT2D eigenvalue weighted by Crippen LogP contribution is -2.28. The van der Waals surface area contributed by atoms with Crippen molar-refractivity contribution in [2.75, 3.05) is 0 Å². The topological polar surface area (TPSA) is 53.6 Å². The van der Waals surface area contributed by atoms with Gasteiger partial charge in [-0.3, -0.25) is 0 Å². The van der Waals surface area contributed by atoms with Crippen molar-refractivity contribution in [2.24, 2.45) is 0 Å². The average Bonchev–Trinajstić information content (AvgIpc) is 2.13. The molecule has 5 heteroatoms. The van der Waals surface area contributed by atoms with Gasteiger partial charge in [0.1, 0.15) is 0 Å². The Morgan fingerprint density at radius 3 is 2.44 bits per heavy atom. The van der Waals surface area contributed by atoms with Crippen LogP contribution in [0.1, 0.15) is 0 Å². The third kappa shape index (κ3) is 1.27. The Morgan fingerprint density at radius 2 is 2.22 bits per heavy atom. The molecule has 0 atom stereocenters. The molecule has 0 saturated heterocycles. The van der Waals surface area contributed by atoms with Gasteiger partial charge in [-0.25, -0.2) is 0 Å². The molecule has 1 rings (SSSR count). The molecule has 0 unspecified atom stereocenters. The summed E-state index contributed by atoms with van der Waals surface area (Å²) >= 11 is 5.35. The molecule has 1 heterocycles. The van der Waals surface area contributed by atoms with E-state index in [-0.39, 0.29) is 10.7 Å². The second kappa shape index (κ2) is 2.43. The molecule has 0 aliphatic rings. The fourth-order valence-corrected chi connectivity index (χ4v) is 0.700. The maximum atomic E-state index is 8.50. The third-order valence-electron chi connectivity index (χ3n) is 0.924. The van der Waals surface area contributed by atoms with Crippen molar-refractivity contribution in [3.8, 4) is 0 Å². The summed E-state index contributed by atoms with van der Waals surface area (Å²) in [7, 11) is -1.55. The monoisotopic (exact) mass is 146 g/mol. The van der Waals surface area contributed by atoms with Crippen molar-refractivity contribution in [3.05, 3.63) is 17.5 Å². The first-order valence-electron chi connectivity index (χ1n) is 2.31.